The SMILES string of the molecule is CCCCCCC=CCCCCCCCCCC(=O)OCC(COP(=O)(O)OCC(O)COP(=O)(O)O)OC(=O)CCCC=CCC=CCC=CCCCCCCCC. The van der Waals surface area contributed by atoms with E-state index in [1.54, 1.807) is 0 Å². The maximum atomic E-state index is 12.6. The van der Waals surface area contributed by atoms with Crippen molar-refractivity contribution in [3.63, 3.8) is 0 Å². The highest BCUT2D eigenvalue weighted by atomic mass is 31.2. The highest BCUT2D eigenvalue weighted by molar-refractivity contribution is 7.47. The van der Waals surface area contributed by atoms with E-state index in [4.69, 9.17) is 23.8 Å². The van der Waals surface area contributed by atoms with Crippen LogP contribution < -0.4 is 0 Å². The Labute approximate surface area is 356 Å². The Morgan fingerprint density at radius 2 is 0.898 bits per heavy atom. The number of aliphatic hydroxyl groups is 1. The highest BCUT2D eigenvalue weighted by Gasteiger charge is 2.28. The van der Waals surface area contributed by atoms with Gasteiger partial charge in [-0.25, -0.2) is 9.13 Å². The molecule has 0 spiro atoms. The Hall–Kier alpha value is -1.92. The average Bonchev–Trinajstić information content (AvgIpc) is 3.19. The van der Waals surface area contributed by atoms with Crippen LogP contribution in [0.5, 0.6) is 0 Å². The number of phosphoric ester groups is 2. The van der Waals surface area contributed by atoms with E-state index < -0.39 is 66.2 Å². The van der Waals surface area contributed by atoms with Gasteiger partial charge < -0.3 is 29.3 Å². The fourth-order valence-corrected chi connectivity index (χ4v) is 6.93. The monoisotopic (exact) mass is 879 g/mol. The van der Waals surface area contributed by atoms with E-state index in [9.17, 15) is 28.7 Å². The molecule has 3 unspecified atom stereocenters. The number of hydrogen-bond acceptors (Lipinski definition) is 10. The van der Waals surface area contributed by atoms with Crippen LogP contribution in [-0.2, 0) is 41.8 Å². The lowest BCUT2D eigenvalue weighted by molar-refractivity contribution is -0.161. The summed E-state index contributed by atoms with van der Waals surface area (Å²) in [5, 5.41) is 9.74. The lowest BCUT2D eigenvalue weighted by Crippen LogP contribution is -2.29. The van der Waals surface area contributed by atoms with Crippen molar-refractivity contribution in [3.05, 3.63) is 48.6 Å². The van der Waals surface area contributed by atoms with Crippen LogP contribution >= 0.6 is 15.6 Å². The van der Waals surface area contributed by atoms with Gasteiger partial charge in [-0.1, -0.05) is 146 Å². The molecule has 59 heavy (non-hydrogen) atoms. The Bertz CT molecular complexity index is 1230. The zero-order chi connectivity index (χ0) is 43.7. The molecule has 0 aliphatic carbocycles. The first kappa shape index (κ1) is 57.1. The third-order valence-electron chi connectivity index (χ3n) is 9.18. The fraction of sp³-hybridized carbons (Fsp3) is 0.773. The third kappa shape index (κ3) is 44.0. The summed E-state index contributed by atoms with van der Waals surface area (Å²) in [7, 11) is -9.69. The van der Waals surface area contributed by atoms with Crippen LogP contribution in [0, 0.1) is 0 Å². The third-order valence-corrected chi connectivity index (χ3v) is 10.6. The Kier molecular flexibility index (Phi) is 38.9. The predicted molar refractivity (Wildman–Crippen MR) is 235 cm³/mol. The molecule has 0 heterocycles. The van der Waals surface area contributed by atoms with Gasteiger partial charge in [-0.05, 0) is 70.6 Å². The van der Waals surface area contributed by atoms with E-state index >= 15 is 0 Å². The topological polar surface area (TPSA) is 195 Å². The van der Waals surface area contributed by atoms with E-state index in [2.05, 4.69) is 59.4 Å². The number of aliphatic hydroxyl groups excluding tert-OH is 1. The molecule has 0 fully saturated rings. The second-order valence-electron chi connectivity index (χ2n) is 15.0. The summed E-state index contributed by atoms with van der Waals surface area (Å²) in [6, 6.07) is 0. The minimum absolute atomic E-state index is 0.0584. The second-order valence-corrected chi connectivity index (χ2v) is 17.7. The van der Waals surface area contributed by atoms with Crippen LogP contribution in [0.2, 0.25) is 0 Å². The summed E-state index contributed by atoms with van der Waals surface area (Å²) in [6.07, 6.45) is 41.1. The van der Waals surface area contributed by atoms with Crippen molar-refractivity contribution in [2.45, 2.75) is 193 Å². The van der Waals surface area contributed by atoms with Gasteiger partial charge in [0.25, 0.3) is 0 Å². The van der Waals surface area contributed by atoms with Gasteiger partial charge in [0, 0.05) is 12.8 Å². The standard InChI is InChI=1S/C44H80O13P2/c1-3-5-7-9-11-13-15-17-19-20-22-24-26-28-30-32-34-36-44(47)57-42(40-56-59(51,52)55-38-41(45)37-54-58(48,49)50)39-53-43(46)35-33-31-29-27-25-23-21-18-16-14-12-10-8-6-4-2/h14,16-17,19,22,24,28,30,41-42,45H,3-13,15,18,20-21,23,25-27,29,31-40H2,1-2H3,(H,51,52)(H2,48,49,50). The molecule has 15 heteroatoms. The molecule has 344 valence electrons. The number of esters is 2. The van der Waals surface area contributed by atoms with Gasteiger partial charge in [-0.3, -0.25) is 23.2 Å². The van der Waals surface area contributed by atoms with Gasteiger partial charge in [0.2, 0.25) is 0 Å². The van der Waals surface area contributed by atoms with Crippen molar-refractivity contribution >= 4 is 27.6 Å². The van der Waals surface area contributed by atoms with E-state index in [-0.39, 0.29) is 12.8 Å². The lowest BCUT2D eigenvalue weighted by Gasteiger charge is -2.20. The fourth-order valence-electron chi connectivity index (χ4n) is 5.77. The van der Waals surface area contributed by atoms with Crippen molar-refractivity contribution in [1.29, 1.82) is 0 Å². The summed E-state index contributed by atoms with van der Waals surface area (Å²) in [4.78, 5) is 52.7. The molecule has 4 N–H and O–H groups in total. The molecule has 0 rings (SSSR count). The molecule has 0 radical (unpaired) electrons. The molecule has 0 saturated heterocycles. The highest BCUT2D eigenvalue weighted by Crippen LogP contribution is 2.43. The van der Waals surface area contributed by atoms with Gasteiger partial charge in [0.05, 0.1) is 19.8 Å². The molecule has 0 amide bonds. The van der Waals surface area contributed by atoms with Crippen LogP contribution in [0.4, 0.5) is 0 Å². The number of rotatable bonds is 42. The number of hydrogen-bond donors (Lipinski definition) is 4. The maximum Gasteiger partial charge on any atom is 0.472 e. The van der Waals surface area contributed by atoms with Crippen molar-refractivity contribution in [3.8, 4) is 0 Å². The number of ether oxygens (including phenoxy) is 2. The molecule has 0 bridgehead atoms. The van der Waals surface area contributed by atoms with Gasteiger partial charge in [-0.2, -0.15) is 0 Å². The number of allylic oxidation sites excluding steroid dienone is 8. The smallest absolute Gasteiger partial charge is 0.462 e. The molecule has 0 saturated carbocycles. The van der Waals surface area contributed by atoms with Gasteiger partial charge in [0.1, 0.15) is 12.7 Å². The maximum absolute atomic E-state index is 12.6. The van der Waals surface area contributed by atoms with Crippen LogP contribution in [-0.4, -0.2) is 70.4 Å². The van der Waals surface area contributed by atoms with Crippen molar-refractivity contribution < 1.29 is 61.6 Å². The average molecular weight is 879 g/mol. The minimum atomic E-state index is -4.87. The van der Waals surface area contributed by atoms with E-state index in [0.29, 0.717) is 19.3 Å². The Morgan fingerprint density at radius 1 is 0.492 bits per heavy atom. The summed E-state index contributed by atoms with van der Waals surface area (Å²) in [5.41, 5.74) is 0. The largest absolute Gasteiger partial charge is 0.472 e. The molecule has 13 nitrogen and oxygen atoms in total. The van der Waals surface area contributed by atoms with Crippen LogP contribution in [0.1, 0.15) is 181 Å². The normalized spacial score (nSPS) is 14.5. The number of carbonyl (C=O) groups is 2. The van der Waals surface area contributed by atoms with Gasteiger partial charge in [0.15, 0.2) is 6.10 Å². The Balaban J connectivity index is 4.60. The molecule has 0 aromatic heterocycles. The second kappa shape index (κ2) is 40.2. The molecule has 0 aromatic rings. The lowest BCUT2D eigenvalue weighted by atomic mass is 10.1. The van der Waals surface area contributed by atoms with E-state index in [1.165, 1.54) is 83.5 Å². The first-order chi connectivity index (χ1) is 28.4. The zero-order valence-corrected chi connectivity index (χ0v) is 38.1. The summed E-state index contributed by atoms with van der Waals surface area (Å²) >= 11 is 0. The van der Waals surface area contributed by atoms with E-state index in [1.807, 2.05) is 12.2 Å². The first-order valence-electron chi connectivity index (χ1n) is 22.3. The Morgan fingerprint density at radius 3 is 1.44 bits per heavy atom. The van der Waals surface area contributed by atoms with Crippen LogP contribution in [0.25, 0.3) is 0 Å². The van der Waals surface area contributed by atoms with Crippen molar-refractivity contribution in [2.75, 3.05) is 26.4 Å². The zero-order valence-electron chi connectivity index (χ0n) is 36.3. The first-order valence-corrected chi connectivity index (χ1v) is 25.4. The molecular weight excluding hydrogens is 798 g/mol. The van der Waals surface area contributed by atoms with Crippen molar-refractivity contribution in [2.24, 2.45) is 0 Å². The minimum Gasteiger partial charge on any atom is -0.462 e. The quantitative estimate of drug-likeness (QED) is 0.0196. The number of carbonyl (C=O) groups excluding carboxylic acids is 2. The molecule has 0 aliphatic rings. The molecule has 0 aromatic carbocycles. The number of phosphoric acid groups is 2. The summed E-state index contributed by atoms with van der Waals surface area (Å²) in [6.45, 7) is 1.69. The molecular formula is C44H80O13P2. The van der Waals surface area contributed by atoms with Crippen LogP contribution in [0.3, 0.4) is 0 Å². The summed E-state index contributed by atoms with van der Waals surface area (Å²) < 4.78 is 47.7. The van der Waals surface area contributed by atoms with Gasteiger partial charge >= 0.3 is 27.6 Å². The predicted octanol–water partition coefficient (Wildman–Crippen LogP) is 11.5. The van der Waals surface area contributed by atoms with Crippen molar-refractivity contribution in [1.82, 2.24) is 0 Å². The van der Waals surface area contributed by atoms with Gasteiger partial charge in [-0.15, -0.1) is 0 Å². The van der Waals surface area contributed by atoms with Crippen LogP contribution in [0.15, 0.2) is 48.6 Å². The summed E-state index contributed by atoms with van der Waals surface area (Å²) in [5.74, 6) is -1.10. The molecule has 0 aliphatic heterocycles. The molecule has 3 atom stereocenters. The number of unbranched alkanes of at least 4 members (excludes halogenated alkanes) is 18. The van der Waals surface area contributed by atoms with E-state index in [0.717, 1.165) is 51.4 Å².